The van der Waals surface area contributed by atoms with Gasteiger partial charge in [-0.3, -0.25) is 14.2 Å². The molecule has 0 aliphatic rings. The topological polar surface area (TPSA) is 156 Å². The molecule has 1 heterocycles. The number of rotatable bonds is 12. The van der Waals surface area contributed by atoms with Crippen molar-refractivity contribution >= 4 is 40.9 Å². The molecule has 0 fully saturated rings. The van der Waals surface area contributed by atoms with Gasteiger partial charge in [0.2, 0.25) is 17.9 Å². The van der Waals surface area contributed by atoms with E-state index in [2.05, 4.69) is 15.6 Å². The maximum Gasteiger partial charge on any atom is 0.418 e. The van der Waals surface area contributed by atoms with Gasteiger partial charge in [-0.2, -0.15) is 4.99 Å². The molecule has 3 atom stereocenters. The molecule has 0 aliphatic heterocycles. The van der Waals surface area contributed by atoms with Crippen LogP contribution in [-0.4, -0.2) is 64.9 Å². The van der Waals surface area contributed by atoms with Gasteiger partial charge in [-0.05, 0) is 29.9 Å². The second-order valence-corrected chi connectivity index (χ2v) is 10.3. The Labute approximate surface area is 221 Å². The highest BCUT2D eigenvalue weighted by Gasteiger charge is 2.31. The summed E-state index contributed by atoms with van der Waals surface area (Å²) in [5.74, 6) is -2.56. The van der Waals surface area contributed by atoms with Crippen LogP contribution in [0, 0.1) is 5.41 Å². The number of aromatic nitrogens is 1. The highest BCUT2D eigenvalue weighted by Crippen LogP contribution is 2.25. The van der Waals surface area contributed by atoms with Gasteiger partial charge in [0.25, 0.3) is 0 Å². The molecular formula is C27H36N4O7. The highest BCUT2D eigenvalue weighted by atomic mass is 16.5. The molecule has 11 nitrogen and oxygen atoms in total. The van der Waals surface area contributed by atoms with Crippen molar-refractivity contribution in [3.05, 3.63) is 36.0 Å². The lowest BCUT2D eigenvalue weighted by molar-refractivity contribution is -0.142. The predicted molar refractivity (Wildman–Crippen MR) is 140 cm³/mol. The van der Waals surface area contributed by atoms with E-state index in [1.54, 1.807) is 24.3 Å². The minimum atomic E-state index is -1.22. The van der Waals surface area contributed by atoms with Crippen LogP contribution in [-0.2, 0) is 30.3 Å². The lowest BCUT2D eigenvalue weighted by Gasteiger charge is -2.25. The van der Waals surface area contributed by atoms with E-state index >= 15 is 0 Å². The molecule has 0 saturated heterocycles. The lowest BCUT2D eigenvalue weighted by atomic mass is 9.88. The van der Waals surface area contributed by atoms with Crippen molar-refractivity contribution in [2.24, 2.45) is 10.4 Å². The molecule has 3 N–H and O–H groups in total. The zero-order chi connectivity index (χ0) is 28.5. The number of methoxy groups -OCH3 is 1. The van der Waals surface area contributed by atoms with Crippen LogP contribution in [0.15, 0.2) is 35.5 Å². The van der Waals surface area contributed by atoms with Crippen LogP contribution in [0.5, 0.6) is 0 Å². The largest absolute Gasteiger partial charge is 0.480 e. The molecule has 0 spiro atoms. The van der Waals surface area contributed by atoms with Gasteiger partial charge in [-0.15, -0.1) is 0 Å². The van der Waals surface area contributed by atoms with Crippen molar-refractivity contribution in [1.82, 2.24) is 15.2 Å². The summed E-state index contributed by atoms with van der Waals surface area (Å²) < 4.78 is 6.15. The van der Waals surface area contributed by atoms with E-state index < -0.39 is 42.0 Å². The second-order valence-electron chi connectivity index (χ2n) is 10.3. The zero-order valence-corrected chi connectivity index (χ0v) is 22.4. The first-order valence-electron chi connectivity index (χ1n) is 12.5. The van der Waals surface area contributed by atoms with E-state index in [0.29, 0.717) is 22.9 Å². The summed E-state index contributed by atoms with van der Waals surface area (Å²) in [7, 11) is 1.25. The van der Waals surface area contributed by atoms with Crippen molar-refractivity contribution in [2.75, 3.05) is 7.11 Å². The molecule has 1 aromatic heterocycles. The molecule has 38 heavy (non-hydrogen) atoms. The van der Waals surface area contributed by atoms with Crippen LogP contribution < -0.4 is 10.6 Å². The van der Waals surface area contributed by atoms with Crippen LogP contribution in [0.2, 0.25) is 0 Å². The maximum absolute atomic E-state index is 13.4. The zero-order valence-electron chi connectivity index (χ0n) is 22.4. The van der Waals surface area contributed by atoms with Crippen molar-refractivity contribution < 1.29 is 33.8 Å². The number of aliphatic imine (C=N–C) groups is 1. The number of nitrogens with zero attached hydrogens (tertiary/aromatic N) is 2. The summed E-state index contributed by atoms with van der Waals surface area (Å²) in [6, 6.07) is 3.55. The van der Waals surface area contributed by atoms with Crippen LogP contribution in [0.3, 0.4) is 0 Å². The Kier molecular flexibility index (Phi) is 10.8. The first kappa shape index (κ1) is 30.2. The Morgan fingerprint density at radius 2 is 1.76 bits per heavy atom. The summed E-state index contributed by atoms with van der Waals surface area (Å²) in [6.45, 7) is 7.55. The molecule has 0 bridgehead atoms. The monoisotopic (exact) mass is 528 g/mol. The minimum Gasteiger partial charge on any atom is -0.480 e. The minimum absolute atomic E-state index is 0.0603. The number of carboxylic acid groups (broad SMARTS) is 1. The number of para-hydroxylation sites is 1. The van der Waals surface area contributed by atoms with Gasteiger partial charge in [-0.1, -0.05) is 58.7 Å². The fourth-order valence-electron chi connectivity index (χ4n) is 4.14. The number of hydrogen-bond acceptors (Lipinski definition) is 7. The number of carbonyl (C=O) groups is 4. The van der Waals surface area contributed by atoms with E-state index in [-0.39, 0.29) is 24.7 Å². The van der Waals surface area contributed by atoms with Gasteiger partial charge in [0, 0.05) is 18.0 Å². The van der Waals surface area contributed by atoms with Gasteiger partial charge in [-0.25, -0.2) is 14.4 Å². The smallest absolute Gasteiger partial charge is 0.418 e. The number of nitrogens with one attached hydrogen (secondary N) is 2. The van der Waals surface area contributed by atoms with Crippen molar-refractivity contribution in [3.8, 4) is 0 Å². The molecule has 2 amide bonds. The van der Waals surface area contributed by atoms with Crippen LogP contribution in [0.4, 0.5) is 4.79 Å². The summed E-state index contributed by atoms with van der Waals surface area (Å²) in [5.41, 5.74) is 0.739. The average molecular weight is 529 g/mol. The first-order chi connectivity index (χ1) is 17.9. The van der Waals surface area contributed by atoms with Crippen molar-refractivity contribution in [3.63, 3.8) is 0 Å². The fraction of sp³-hybridized carbons (Fsp3) is 0.519. The Hall–Kier alpha value is -3.98. The van der Waals surface area contributed by atoms with Gasteiger partial charge >= 0.3 is 12.1 Å². The number of fused-ring (bicyclic) bond motifs is 1. The summed E-state index contributed by atoms with van der Waals surface area (Å²) in [5, 5.41) is 15.4. The molecule has 0 unspecified atom stereocenters. The number of isocyanates is 1. The van der Waals surface area contributed by atoms with Crippen LogP contribution >= 0.6 is 0 Å². The van der Waals surface area contributed by atoms with Gasteiger partial charge in [0.1, 0.15) is 18.1 Å². The number of aliphatic carboxylic acids is 1. The van der Waals surface area contributed by atoms with Crippen molar-refractivity contribution in [2.45, 2.75) is 77.9 Å². The third kappa shape index (κ3) is 8.27. The number of carboxylic acids is 1. The summed E-state index contributed by atoms with van der Waals surface area (Å²) >= 11 is 0. The number of amides is 2. The average Bonchev–Trinajstić information content (AvgIpc) is 3.22. The third-order valence-electron chi connectivity index (χ3n) is 6.00. The molecule has 0 saturated carbocycles. The third-order valence-corrected chi connectivity index (χ3v) is 6.00. The van der Waals surface area contributed by atoms with E-state index in [4.69, 9.17) is 4.74 Å². The Balaban J connectivity index is 2.46. The SMILES string of the molecule is CCCC[C@H](NC(=O)[C@@H](Cc1cn(C(=O)OC)c2ccccc12)NC(=O)[C@H](CC(C)(C)C)N=C=O)C(=O)O. The number of benzene rings is 1. The standard InChI is InChI=1S/C27H36N4O7/c1-6-7-11-19(25(35)36)29-23(33)20(30-24(34)21(28-16-32)14-27(2,3)4)13-17-15-31(26(37)38-5)22-12-9-8-10-18(17)22/h8-10,12,15,19-21H,6-7,11,13-14H2,1-5H3,(H,29,33)(H,30,34)(H,35,36)/t19-,20+,21-/m0/s1. The number of ether oxygens (including phenoxy) is 1. The van der Waals surface area contributed by atoms with Gasteiger partial charge < -0.3 is 20.5 Å². The Morgan fingerprint density at radius 1 is 1.11 bits per heavy atom. The van der Waals surface area contributed by atoms with Crippen molar-refractivity contribution in [1.29, 1.82) is 0 Å². The normalized spacial score (nSPS) is 13.6. The number of carbonyl (C=O) groups excluding carboxylic acids is 4. The molecule has 206 valence electrons. The molecular weight excluding hydrogens is 492 g/mol. The van der Waals surface area contributed by atoms with E-state index in [0.717, 1.165) is 6.42 Å². The quantitative estimate of drug-likeness (QED) is 0.282. The molecule has 2 rings (SSSR count). The van der Waals surface area contributed by atoms with E-state index in [1.807, 2.05) is 27.7 Å². The van der Waals surface area contributed by atoms with E-state index in [9.17, 15) is 29.1 Å². The second kappa shape index (κ2) is 13.5. The molecule has 11 heteroatoms. The molecule has 2 aromatic rings. The van der Waals surface area contributed by atoms with Crippen LogP contribution in [0.1, 0.15) is 58.9 Å². The Bertz CT molecular complexity index is 1210. The summed E-state index contributed by atoms with van der Waals surface area (Å²) in [4.78, 5) is 65.3. The van der Waals surface area contributed by atoms with Gasteiger partial charge in [0.15, 0.2) is 0 Å². The predicted octanol–water partition coefficient (Wildman–Crippen LogP) is 3.18. The molecule has 0 radical (unpaired) electrons. The number of unbranched alkanes of at least 4 members (excludes halogenated alkanes) is 1. The number of hydrogen-bond donors (Lipinski definition) is 3. The fourth-order valence-corrected chi connectivity index (χ4v) is 4.14. The maximum atomic E-state index is 13.4. The Morgan fingerprint density at radius 3 is 2.34 bits per heavy atom. The molecule has 0 aliphatic carbocycles. The lowest BCUT2D eigenvalue weighted by Crippen LogP contribution is -2.54. The molecule has 1 aromatic carbocycles. The summed E-state index contributed by atoms with van der Waals surface area (Å²) in [6.07, 6.45) is 4.02. The van der Waals surface area contributed by atoms with Gasteiger partial charge in [0.05, 0.1) is 12.6 Å². The highest BCUT2D eigenvalue weighted by molar-refractivity contribution is 5.95. The van der Waals surface area contributed by atoms with Crippen LogP contribution in [0.25, 0.3) is 10.9 Å². The van der Waals surface area contributed by atoms with E-state index in [1.165, 1.54) is 24.0 Å². The first-order valence-corrected chi connectivity index (χ1v) is 12.5.